The van der Waals surface area contributed by atoms with Crippen LogP contribution >= 0.6 is 0 Å². The number of nitrogens with two attached hydrogens (primary N) is 1. The summed E-state index contributed by atoms with van der Waals surface area (Å²) in [6, 6.07) is 0. The molecule has 1 aromatic rings. The number of aryl methyl sites for hydroxylation is 1. The number of rotatable bonds is 3. The second kappa shape index (κ2) is 3.72. The zero-order valence-electron chi connectivity index (χ0n) is 7.99. The monoisotopic (exact) mass is 167 g/mol. The third kappa shape index (κ3) is 1.67. The molecule has 0 fully saturated rings. The van der Waals surface area contributed by atoms with Gasteiger partial charge in [-0.1, -0.05) is 13.8 Å². The Bertz CT molecular complexity index is 242. The molecule has 1 heterocycles. The quantitative estimate of drug-likeness (QED) is 0.733. The third-order valence-electron chi connectivity index (χ3n) is 2.49. The van der Waals surface area contributed by atoms with Crippen molar-refractivity contribution in [3.63, 3.8) is 0 Å². The Morgan fingerprint density at radius 3 is 2.67 bits per heavy atom. The van der Waals surface area contributed by atoms with Crippen molar-refractivity contribution >= 4 is 0 Å². The predicted molar refractivity (Wildman–Crippen MR) is 49.8 cm³/mol. The molecule has 0 saturated heterocycles. The normalized spacial score (nSPS) is 16.0. The zero-order valence-corrected chi connectivity index (χ0v) is 7.99. The molecule has 0 aliphatic carbocycles. The predicted octanol–water partition coefficient (Wildman–Crippen LogP) is 1.12. The minimum absolute atomic E-state index is 0.440. The summed E-state index contributed by atoms with van der Waals surface area (Å²) in [6.07, 6.45) is 3.80. The lowest BCUT2D eigenvalue weighted by Crippen LogP contribution is -2.19. The molecule has 1 aromatic heterocycles. The van der Waals surface area contributed by atoms with E-state index in [-0.39, 0.29) is 0 Å². The van der Waals surface area contributed by atoms with Crippen molar-refractivity contribution in [1.29, 1.82) is 0 Å². The van der Waals surface area contributed by atoms with E-state index in [0.29, 0.717) is 18.4 Å². The van der Waals surface area contributed by atoms with Crippen LogP contribution in [-0.4, -0.2) is 16.1 Å². The smallest absolute Gasteiger partial charge is 0.111 e. The molecule has 68 valence electrons. The maximum absolute atomic E-state index is 5.59. The first kappa shape index (κ1) is 9.26. The molecular formula is C9H17N3. The molecule has 0 amide bonds. The molecule has 3 nitrogen and oxygen atoms in total. The van der Waals surface area contributed by atoms with Gasteiger partial charge in [0.15, 0.2) is 0 Å². The fourth-order valence-corrected chi connectivity index (χ4v) is 1.27. The lowest BCUT2D eigenvalue weighted by Gasteiger charge is -2.17. The van der Waals surface area contributed by atoms with Gasteiger partial charge in [0, 0.05) is 25.4 Å². The molecule has 2 N–H and O–H groups in total. The van der Waals surface area contributed by atoms with E-state index >= 15 is 0 Å². The highest BCUT2D eigenvalue weighted by atomic mass is 15.0. The van der Waals surface area contributed by atoms with E-state index in [1.165, 1.54) is 0 Å². The Kier molecular flexibility index (Phi) is 2.87. The molecule has 0 bridgehead atoms. The van der Waals surface area contributed by atoms with Crippen molar-refractivity contribution in [3.05, 3.63) is 18.2 Å². The van der Waals surface area contributed by atoms with Crippen molar-refractivity contribution in [1.82, 2.24) is 9.55 Å². The molecule has 0 aliphatic heterocycles. The Morgan fingerprint density at radius 1 is 1.58 bits per heavy atom. The Hall–Kier alpha value is -0.830. The molecule has 0 saturated carbocycles. The molecule has 3 heteroatoms. The summed E-state index contributed by atoms with van der Waals surface area (Å²) in [7, 11) is 2.02. The van der Waals surface area contributed by atoms with Gasteiger partial charge in [-0.25, -0.2) is 4.98 Å². The van der Waals surface area contributed by atoms with Crippen molar-refractivity contribution in [2.75, 3.05) is 6.54 Å². The summed E-state index contributed by atoms with van der Waals surface area (Å²) in [5.41, 5.74) is 5.59. The number of imidazole rings is 1. The van der Waals surface area contributed by atoms with Crippen LogP contribution in [0.25, 0.3) is 0 Å². The molecule has 1 rings (SSSR count). The lowest BCUT2D eigenvalue weighted by atomic mass is 9.95. The van der Waals surface area contributed by atoms with Crippen LogP contribution in [0.4, 0.5) is 0 Å². The summed E-state index contributed by atoms with van der Waals surface area (Å²) in [5.74, 6) is 2.05. The van der Waals surface area contributed by atoms with Crippen molar-refractivity contribution in [2.24, 2.45) is 18.7 Å². The largest absolute Gasteiger partial charge is 0.338 e. The number of aromatic nitrogens is 2. The Balaban J connectivity index is 2.77. The summed E-state index contributed by atoms with van der Waals surface area (Å²) >= 11 is 0. The highest BCUT2D eigenvalue weighted by molar-refractivity contribution is 4.99. The molecule has 2 atom stereocenters. The average molecular weight is 167 g/mol. The first-order valence-electron chi connectivity index (χ1n) is 4.34. The zero-order chi connectivity index (χ0) is 9.14. The van der Waals surface area contributed by atoms with Crippen molar-refractivity contribution in [2.45, 2.75) is 19.8 Å². The first-order valence-corrected chi connectivity index (χ1v) is 4.34. The van der Waals surface area contributed by atoms with Gasteiger partial charge in [-0.05, 0) is 12.5 Å². The van der Waals surface area contributed by atoms with E-state index in [9.17, 15) is 0 Å². The van der Waals surface area contributed by atoms with Gasteiger partial charge in [0.1, 0.15) is 5.82 Å². The highest BCUT2D eigenvalue weighted by Gasteiger charge is 2.15. The number of hydrogen-bond donors (Lipinski definition) is 1. The summed E-state index contributed by atoms with van der Waals surface area (Å²) < 4.78 is 2.05. The molecule has 0 aliphatic rings. The van der Waals surface area contributed by atoms with Gasteiger partial charge >= 0.3 is 0 Å². The molecule has 12 heavy (non-hydrogen) atoms. The van der Waals surface area contributed by atoms with Gasteiger partial charge in [0.05, 0.1) is 0 Å². The van der Waals surface area contributed by atoms with E-state index in [1.54, 1.807) is 0 Å². The molecule has 0 aromatic carbocycles. The van der Waals surface area contributed by atoms with Gasteiger partial charge in [-0.3, -0.25) is 0 Å². The van der Waals surface area contributed by atoms with E-state index in [2.05, 4.69) is 23.4 Å². The van der Waals surface area contributed by atoms with Crippen LogP contribution in [0, 0.1) is 5.92 Å². The summed E-state index contributed by atoms with van der Waals surface area (Å²) in [4.78, 5) is 4.29. The van der Waals surface area contributed by atoms with E-state index in [4.69, 9.17) is 5.73 Å². The second-order valence-electron chi connectivity index (χ2n) is 3.40. The lowest BCUT2D eigenvalue weighted by molar-refractivity contribution is 0.468. The van der Waals surface area contributed by atoms with Crippen LogP contribution in [0.1, 0.15) is 25.6 Å². The molecule has 0 radical (unpaired) electrons. The number of hydrogen-bond acceptors (Lipinski definition) is 2. The molecule has 2 unspecified atom stereocenters. The topological polar surface area (TPSA) is 43.8 Å². The molecule has 0 spiro atoms. The maximum atomic E-state index is 5.59. The first-order chi connectivity index (χ1) is 5.66. The van der Waals surface area contributed by atoms with Crippen LogP contribution in [0.15, 0.2) is 12.4 Å². The minimum Gasteiger partial charge on any atom is -0.338 e. The van der Waals surface area contributed by atoms with Gasteiger partial charge < -0.3 is 10.3 Å². The van der Waals surface area contributed by atoms with Crippen molar-refractivity contribution in [3.8, 4) is 0 Å². The fourth-order valence-electron chi connectivity index (χ4n) is 1.27. The van der Waals surface area contributed by atoms with Gasteiger partial charge in [-0.2, -0.15) is 0 Å². The Morgan fingerprint density at radius 2 is 2.25 bits per heavy atom. The van der Waals surface area contributed by atoms with Crippen LogP contribution in [-0.2, 0) is 7.05 Å². The van der Waals surface area contributed by atoms with Crippen LogP contribution < -0.4 is 5.73 Å². The Labute approximate surface area is 73.6 Å². The van der Waals surface area contributed by atoms with E-state index in [1.807, 2.05) is 19.4 Å². The summed E-state index contributed by atoms with van der Waals surface area (Å²) in [6.45, 7) is 5.03. The van der Waals surface area contributed by atoms with E-state index in [0.717, 1.165) is 5.82 Å². The van der Waals surface area contributed by atoms with Gasteiger partial charge in [0.2, 0.25) is 0 Å². The maximum Gasteiger partial charge on any atom is 0.111 e. The van der Waals surface area contributed by atoms with Crippen LogP contribution in [0.2, 0.25) is 0 Å². The highest BCUT2D eigenvalue weighted by Crippen LogP contribution is 2.20. The minimum atomic E-state index is 0.440. The van der Waals surface area contributed by atoms with Gasteiger partial charge in [0.25, 0.3) is 0 Å². The third-order valence-corrected chi connectivity index (χ3v) is 2.49. The number of nitrogens with zero attached hydrogens (tertiary/aromatic N) is 2. The molecular weight excluding hydrogens is 150 g/mol. The summed E-state index contributed by atoms with van der Waals surface area (Å²) in [5, 5.41) is 0. The van der Waals surface area contributed by atoms with Crippen LogP contribution in [0.5, 0.6) is 0 Å². The SMILES string of the molecule is CC(CN)C(C)c1nccn1C. The average Bonchev–Trinajstić information content (AvgIpc) is 2.48. The fraction of sp³-hybridized carbons (Fsp3) is 0.667. The van der Waals surface area contributed by atoms with E-state index < -0.39 is 0 Å². The van der Waals surface area contributed by atoms with Gasteiger partial charge in [-0.15, -0.1) is 0 Å². The van der Waals surface area contributed by atoms with Crippen LogP contribution in [0.3, 0.4) is 0 Å². The second-order valence-corrected chi connectivity index (χ2v) is 3.40. The standard InChI is InChI=1S/C9H17N3/c1-7(6-10)8(2)9-11-4-5-12(9)3/h4-5,7-8H,6,10H2,1-3H3. The van der Waals surface area contributed by atoms with Crippen molar-refractivity contribution < 1.29 is 0 Å².